The SMILES string of the molecule is COc1c(F)cc(CN2CCNCC2)cc1F. The van der Waals surface area contributed by atoms with Crippen molar-refractivity contribution in [3.8, 4) is 5.75 Å². The van der Waals surface area contributed by atoms with Crippen molar-refractivity contribution in [1.29, 1.82) is 0 Å². The van der Waals surface area contributed by atoms with Crippen LogP contribution in [0.25, 0.3) is 0 Å². The molecule has 1 aliphatic rings. The fourth-order valence-corrected chi connectivity index (χ4v) is 2.03. The number of nitrogens with one attached hydrogen (secondary N) is 1. The summed E-state index contributed by atoms with van der Waals surface area (Å²) in [6.07, 6.45) is 0. The summed E-state index contributed by atoms with van der Waals surface area (Å²) in [6.45, 7) is 4.20. The van der Waals surface area contributed by atoms with Crippen LogP contribution < -0.4 is 10.1 Å². The minimum Gasteiger partial charge on any atom is -0.491 e. The lowest BCUT2D eigenvalue weighted by atomic mass is 10.1. The Morgan fingerprint density at radius 1 is 1.24 bits per heavy atom. The van der Waals surface area contributed by atoms with Crippen LogP contribution >= 0.6 is 0 Å². The highest BCUT2D eigenvalue weighted by Gasteiger charge is 2.14. The van der Waals surface area contributed by atoms with Crippen molar-refractivity contribution in [2.45, 2.75) is 6.54 Å². The van der Waals surface area contributed by atoms with E-state index in [4.69, 9.17) is 0 Å². The molecule has 0 atom stereocenters. The van der Waals surface area contributed by atoms with Crippen LogP contribution in [0.1, 0.15) is 5.56 Å². The van der Waals surface area contributed by atoms with Gasteiger partial charge in [0.2, 0.25) is 0 Å². The van der Waals surface area contributed by atoms with Crippen LogP contribution in [0.15, 0.2) is 12.1 Å². The molecule has 1 N–H and O–H groups in total. The molecule has 0 unspecified atom stereocenters. The molecule has 1 heterocycles. The van der Waals surface area contributed by atoms with E-state index >= 15 is 0 Å². The molecule has 0 radical (unpaired) electrons. The van der Waals surface area contributed by atoms with Gasteiger partial charge in [-0.3, -0.25) is 4.90 Å². The lowest BCUT2D eigenvalue weighted by Gasteiger charge is -2.27. The molecular formula is C12H16F2N2O. The Morgan fingerprint density at radius 3 is 2.35 bits per heavy atom. The Balaban J connectivity index is 2.10. The quantitative estimate of drug-likeness (QED) is 0.866. The van der Waals surface area contributed by atoms with Crippen molar-refractivity contribution in [3.05, 3.63) is 29.3 Å². The van der Waals surface area contributed by atoms with Gasteiger partial charge < -0.3 is 10.1 Å². The van der Waals surface area contributed by atoms with Crippen molar-refractivity contribution in [2.24, 2.45) is 0 Å². The molecule has 0 aromatic heterocycles. The number of methoxy groups -OCH3 is 1. The van der Waals surface area contributed by atoms with Crippen LogP contribution in [0, 0.1) is 11.6 Å². The van der Waals surface area contributed by atoms with Crippen molar-refractivity contribution >= 4 is 0 Å². The molecule has 5 heteroatoms. The van der Waals surface area contributed by atoms with Gasteiger partial charge in [-0.05, 0) is 17.7 Å². The van der Waals surface area contributed by atoms with Gasteiger partial charge in [-0.25, -0.2) is 8.78 Å². The highest BCUT2D eigenvalue weighted by molar-refractivity contribution is 5.31. The largest absolute Gasteiger partial charge is 0.491 e. The summed E-state index contributed by atoms with van der Waals surface area (Å²) < 4.78 is 31.6. The van der Waals surface area contributed by atoms with Gasteiger partial charge in [-0.2, -0.15) is 0 Å². The molecule has 0 saturated carbocycles. The minimum absolute atomic E-state index is 0.311. The lowest BCUT2D eigenvalue weighted by molar-refractivity contribution is 0.232. The molecule has 0 bridgehead atoms. The van der Waals surface area contributed by atoms with E-state index < -0.39 is 11.6 Å². The third kappa shape index (κ3) is 2.92. The predicted octanol–water partition coefficient (Wildman–Crippen LogP) is 1.38. The van der Waals surface area contributed by atoms with Gasteiger partial charge in [-0.15, -0.1) is 0 Å². The smallest absolute Gasteiger partial charge is 0.190 e. The lowest BCUT2D eigenvalue weighted by Crippen LogP contribution is -2.42. The van der Waals surface area contributed by atoms with Crippen molar-refractivity contribution < 1.29 is 13.5 Å². The molecule has 1 fully saturated rings. The summed E-state index contributed by atoms with van der Waals surface area (Å²) in [5.74, 6) is -1.59. The van der Waals surface area contributed by atoms with Crippen molar-refractivity contribution in [1.82, 2.24) is 10.2 Å². The molecule has 2 rings (SSSR count). The zero-order valence-corrected chi connectivity index (χ0v) is 9.80. The summed E-state index contributed by atoms with van der Waals surface area (Å²) in [4.78, 5) is 2.16. The highest BCUT2D eigenvalue weighted by atomic mass is 19.1. The molecule has 1 aromatic rings. The highest BCUT2D eigenvalue weighted by Crippen LogP contribution is 2.23. The van der Waals surface area contributed by atoms with Crippen LogP contribution in [-0.2, 0) is 6.54 Å². The van der Waals surface area contributed by atoms with Gasteiger partial charge in [0.25, 0.3) is 0 Å². The normalized spacial score (nSPS) is 17.1. The first-order valence-corrected chi connectivity index (χ1v) is 5.65. The average Bonchev–Trinajstić information content (AvgIpc) is 2.30. The van der Waals surface area contributed by atoms with E-state index in [1.807, 2.05) is 0 Å². The van der Waals surface area contributed by atoms with Gasteiger partial charge in [0.15, 0.2) is 17.4 Å². The Kier molecular flexibility index (Phi) is 3.91. The van der Waals surface area contributed by atoms with Gasteiger partial charge in [0.1, 0.15) is 0 Å². The predicted molar refractivity (Wildman–Crippen MR) is 61.1 cm³/mol. The van der Waals surface area contributed by atoms with Gasteiger partial charge in [0, 0.05) is 32.7 Å². The topological polar surface area (TPSA) is 24.5 Å². The third-order valence-electron chi connectivity index (χ3n) is 2.88. The van der Waals surface area contributed by atoms with Crippen LogP contribution in [0.2, 0.25) is 0 Å². The summed E-state index contributed by atoms with van der Waals surface area (Å²) >= 11 is 0. The molecule has 3 nitrogen and oxygen atoms in total. The standard InChI is InChI=1S/C12H16F2N2O/c1-17-12-10(13)6-9(7-11(12)14)8-16-4-2-15-3-5-16/h6-7,15H,2-5,8H2,1H3. The Labute approximate surface area is 99.4 Å². The number of halogens is 2. The second kappa shape index (κ2) is 5.42. The Bertz CT molecular complexity index is 369. The summed E-state index contributed by atoms with van der Waals surface area (Å²) in [7, 11) is 1.26. The number of rotatable bonds is 3. The molecule has 0 amide bonds. The molecule has 0 spiro atoms. The summed E-state index contributed by atoms with van der Waals surface area (Å²) in [6, 6.07) is 2.67. The monoisotopic (exact) mass is 242 g/mol. The third-order valence-corrected chi connectivity index (χ3v) is 2.88. The first kappa shape index (κ1) is 12.3. The Morgan fingerprint density at radius 2 is 1.82 bits per heavy atom. The molecule has 17 heavy (non-hydrogen) atoms. The van der Waals surface area contributed by atoms with E-state index in [9.17, 15) is 8.78 Å². The first-order valence-electron chi connectivity index (χ1n) is 5.65. The maximum atomic E-state index is 13.5. The van der Waals surface area contributed by atoms with Crippen LogP contribution in [0.5, 0.6) is 5.75 Å². The maximum absolute atomic E-state index is 13.5. The fourth-order valence-electron chi connectivity index (χ4n) is 2.03. The second-order valence-electron chi connectivity index (χ2n) is 4.12. The van der Waals surface area contributed by atoms with Gasteiger partial charge in [0.05, 0.1) is 7.11 Å². The minimum atomic E-state index is -0.641. The van der Waals surface area contributed by atoms with Crippen molar-refractivity contribution in [3.63, 3.8) is 0 Å². The number of benzene rings is 1. The van der Waals surface area contributed by atoms with E-state index in [1.54, 1.807) is 0 Å². The summed E-state index contributed by atoms with van der Waals surface area (Å²) in [5.41, 5.74) is 0.641. The zero-order chi connectivity index (χ0) is 12.3. The first-order chi connectivity index (χ1) is 8.20. The van der Waals surface area contributed by atoms with Crippen LogP contribution in [0.3, 0.4) is 0 Å². The number of hydrogen-bond acceptors (Lipinski definition) is 3. The average molecular weight is 242 g/mol. The molecule has 1 aromatic carbocycles. The molecule has 0 aliphatic carbocycles. The Hall–Kier alpha value is -1.20. The van der Waals surface area contributed by atoms with Crippen LogP contribution in [-0.4, -0.2) is 38.2 Å². The number of piperazine rings is 1. The van der Waals surface area contributed by atoms with Crippen LogP contribution in [0.4, 0.5) is 8.78 Å². The molecule has 1 saturated heterocycles. The number of nitrogens with zero attached hydrogens (tertiary/aromatic N) is 1. The maximum Gasteiger partial charge on any atom is 0.190 e. The fraction of sp³-hybridized carbons (Fsp3) is 0.500. The van der Waals surface area contributed by atoms with Gasteiger partial charge in [-0.1, -0.05) is 0 Å². The number of hydrogen-bond donors (Lipinski definition) is 1. The molecular weight excluding hydrogens is 226 g/mol. The molecule has 1 aliphatic heterocycles. The molecule has 94 valence electrons. The van der Waals surface area contributed by atoms with E-state index in [0.717, 1.165) is 26.2 Å². The van der Waals surface area contributed by atoms with Gasteiger partial charge >= 0.3 is 0 Å². The van der Waals surface area contributed by atoms with E-state index in [2.05, 4.69) is 15.0 Å². The zero-order valence-electron chi connectivity index (χ0n) is 9.80. The van der Waals surface area contributed by atoms with E-state index in [1.165, 1.54) is 19.2 Å². The summed E-state index contributed by atoms with van der Waals surface area (Å²) in [5, 5.41) is 3.23. The number of ether oxygens (including phenoxy) is 1. The van der Waals surface area contributed by atoms with Crippen molar-refractivity contribution in [2.75, 3.05) is 33.3 Å². The second-order valence-corrected chi connectivity index (χ2v) is 4.12. The van der Waals surface area contributed by atoms with E-state index in [-0.39, 0.29) is 5.75 Å². The van der Waals surface area contributed by atoms with E-state index in [0.29, 0.717) is 12.1 Å².